The van der Waals surface area contributed by atoms with Gasteiger partial charge in [-0.15, -0.1) is 0 Å². The standard InChI is InChI=1S/C54H101N3O6/c1-7-11-14-17-22-29-38-47(37-10-4)62-49(58)41-32-25-20-27-34-45-57(52-51(53(60)54(52)61)55-43-36-44-56(5)6)46-35-28-21-26-33-42-50(59)63-48(39-30-23-18-15-12-8-2)40-31-24-19-16-13-9-3/h47-48,55H,7-46H2,1-6H3. The summed E-state index contributed by atoms with van der Waals surface area (Å²) in [6, 6.07) is 0. The quantitative estimate of drug-likeness (QED) is 0.0389. The van der Waals surface area contributed by atoms with Crippen LogP contribution in [-0.4, -0.2) is 69.3 Å². The lowest BCUT2D eigenvalue weighted by Crippen LogP contribution is -2.43. The fraction of sp³-hybridized carbons (Fsp3) is 0.889. The molecule has 0 bridgehead atoms. The fourth-order valence-electron chi connectivity index (χ4n) is 8.79. The number of nitrogens with zero attached hydrogens (tertiary/aromatic N) is 2. The number of unbranched alkanes of at least 4 members (excludes halogenated alkanes) is 23. The van der Waals surface area contributed by atoms with Gasteiger partial charge in [-0.2, -0.15) is 0 Å². The summed E-state index contributed by atoms with van der Waals surface area (Å²) in [6.45, 7) is 12.0. The maximum atomic E-state index is 13.0. The van der Waals surface area contributed by atoms with Gasteiger partial charge in [-0.3, -0.25) is 19.2 Å². The average molecular weight is 888 g/mol. The molecule has 0 radical (unpaired) electrons. The highest BCUT2D eigenvalue weighted by Gasteiger charge is 2.25. The Morgan fingerprint density at radius 2 is 0.825 bits per heavy atom. The maximum Gasteiger partial charge on any atom is 0.306 e. The van der Waals surface area contributed by atoms with E-state index in [1.54, 1.807) is 0 Å². The molecule has 0 saturated carbocycles. The van der Waals surface area contributed by atoms with Crippen molar-refractivity contribution < 1.29 is 19.1 Å². The van der Waals surface area contributed by atoms with E-state index >= 15 is 0 Å². The van der Waals surface area contributed by atoms with Crippen molar-refractivity contribution in [1.82, 2.24) is 4.90 Å². The molecule has 1 unspecified atom stereocenters. The molecule has 1 aromatic carbocycles. The van der Waals surface area contributed by atoms with Crippen LogP contribution in [0.4, 0.5) is 11.4 Å². The van der Waals surface area contributed by atoms with E-state index in [9.17, 15) is 19.2 Å². The highest BCUT2D eigenvalue weighted by Crippen LogP contribution is 2.23. The lowest BCUT2D eigenvalue weighted by molar-refractivity contribution is -0.151. The van der Waals surface area contributed by atoms with E-state index in [4.69, 9.17) is 9.47 Å². The van der Waals surface area contributed by atoms with Gasteiger partial charge in [0.25, 0.3) is 10.9 Å². The fourth-order valence-corrected chi connectivity index (χ4v) is 8.79. The molecule has 0 saturated heterocycles. The van der Waals surface area contributed by atoms with Crippen molar-refractivity contribution in [1.29, 1.82) is 0 Å². The third kappa shape index (κ3) is 31.2. The van der Waals surface area contributed by atoms with Gasteiger partial charge in [-0.25, -0.2) is 0 Å². The van der Waals surface area contributed by atoms with Gasteiger partial charge in [0.1, 0.15) is 23.6 Å². The van der Waals surface area contributed by atoms with Crippen LogP contribution < -0.4 is 21.1 Å². The number of carbonyl (C=O) groups is 2. The Labute approximate surface area is 388 Å². The van der Waals surface area contributed by atoms with Gasteiger partial charge in [-0.05, 0) is 97.7 Å². The summed E-state index contributed by atoms with van der Waals surface area (Å²) in [7, 11) is 4.07. The summed E-state index contributed by atoms with van der Waals surface area (Å²) in [5, 5.41) is 3.29. The Hall–Kier alpha value is -2.42. The number of hydrogen-bond acceptors (Lipinski definition) is 9. The van der Waals surface area contributed by atoms with Gasteiger partial charge in [0.05, 0.1) is 0 Å². The van der Waals surface area contributed by atoms with Gasteiger partial charge in [0.15, 0.2) is 0 Å². The number of anilines is 2. The summed E-state index contributed by atoms with van der Waals surface area (Å²) in [6.07, 6.45) is 39.1. The largest absolute Gasteiger partial charge is 0.462 e. The summed E-state index contributed by atoms with van der Waals surface area (Å²) in [5.74, 6) is -0.0873. The van der Waals surface area contributed by atoms with Crippen molar-refractivity contribution in [3.05, 3.63) is 20.4 Å². The highest BCUT2D eigenvalue weighted by atomic mass is 16.5. The van der Waals surface area contributed by atoms with Gasteiger partial charge in [-0.1, -0.05) is 169 Å². The molecule has 0 aromatic heterocycles. The molecule has 1 aromatic rings. The van der Waals surface area contributed by atoms with Crippen LogP contribution in [0, 0.1) is 0 Å². The number of nitrogens with one attached hydrogen (secondary N) is 1. The summed E-state index contributed by atoms with van der Waals surface area (Å²) < 4.78 is 12.0. The molecule has 0 aliphatic carbocycles. The van der Waals surface area contributed by atoms with Gasteiger partial charge in [0, 0.05) is 32.5 Å². The second-order valence-electron chi connectivity index (χ2n) is 19.2. The van der Waals surface area contributed by atoms with Crippen LogP contribution in [0.5, 0.6) is 0 Å². The second kappa shape index (κ2) is 41.0. The van der Waals surface area contributed by atoms with E-state index in [0.29, 0.717) is 30.8 Å². The van der Waals surface area contributed by atoms with E-state index < -0.39 is 5.43 Å². The molecule has 63 heavy (non-hydrogen) atoms. The number of esters is 2. The minimum atomic E-state index is -0.395. The van der Waals surface area contributed by atoms with Crippen LogP contribution in [0.1, 0.15) is 259 Å². The maximum absolute atomic E-state index is 13.0. The molecular weight excluding hydrogens is 787 g/mol. The molecule has 0 heterocycles. The number of carbonyl (C=O) groups excluding carboxylic acids is 2. The van der Waals surface area contributed by atoms with E-state index in [0.717, 1.165) is 142 Å². The summed E-state index contributed by atoms with van der Waals surface area (Å²) in [5.41, 5.74) is 0.286. The van der Waals surface area contributed by atoms with Crippen molar-refractivity contribution in [3.63, 3.8) is 0 Å². The first kappa shape index (κ1) is 58.6. The van der Waals surface area contributed by atoms with Crippen LogP contribution in [0.25, 0.3) is 0 Å². The molecule has 1 rings (SSSR count). The van der Waals surface area contributed by atoms with Gasteiger partial charge in [0.2, 0.25) is 0 Å². The molecule has 368 valence electrons. The second-order valence-corrected chi connectivity index (χ2v) is 19.2. The molecule has 0 aliphatic rings. The third-order valence-electron chi connectivity index (χ3n) is 12.7. The summed E-state index contributed by atoms with van der Waals surface area (Å²) in [4.78, 5) is 55.5. The van der Waals surface area contributed by atoms with Crippen LogP contribution in [0.2, 0.25) is 0 Å². The monoisotopic (exact) mass is 888 g/mol. The molecule has 0 spiro atoms. The zero-order chi connectivity index (χ0) is 46.2. The van der Waals surface area contributed by atoms with Crippen molar-refractivity contribution in [2.45, 2.75) is 271 Å². The first-order valence-electron chi connectivity index (χ1n) is 27.0. The molecule has 0 aliphatic heterocycles. The van der Waals surface area contributed by atoms with Crippen molar-refractivity contribution >= 4 is 23.3 Å². The Morgan fingerprint density at radius 3 is 1.24 bits per heavy atom. The SMILES string of the molecule is CCCCCCCCC(CCC)OC(=O)CCCCCCCN(CCCCCCCC(=O)OC(CCCCCCCC)CCCCCCCC)c1c(NCCCN(C)C)c(=O)c1=O. The number of rotatable bonds is 47. The molecular formula is C54H101N3O6. The van der Waals surface area contributed by atoms with Crippen LogP contribution >= 0.6 is 0 Å². The Morgan fingerprint density at radius 1 is 0.444 bits per heavy atom. The normalized spacial score (nSPS) is 12.1. The van der Waals surface area contributed by atoms with Crippen LogP contribution in [0.3, 0.4) is 0 Å². The van der Waals surface area contributed by atoms with Crippen molar-refractivity contribution in [3.8, 4) is 0 Å². The topological polar surface area (TPSA) is 105 Å². The van der Waals surface area contributed by atoms with E-state index in [2.05, 4.69) is 42.8 Å². The van der Waals surface area contributed by atoms with Gasteiger partial charge >= 0.3 is 11.9 Å². The predicted octanol–water partition coefficient (Wildman–Crippen LogP) is 14.0. The Balaban J connectivity index is 2.56. The highest BCUT2D eigenvalue weighted by molar-refractivity contribution is 5.75. The first-order chi connectivity index (χ1) is 30.7. The van der Waals surface area contributed by atoms with E-state index in [-0.39, 0.29) is 29.6 Å². The summed E-state index contributed by atoms with van der Waals surface area (Å²) >= 11 is 0. The molecule has 0 amide bonds. The molecule has 1 N–H and O–H groups in total. The Kier molecular flexibility index (Phi) is 38.2. The minimum absolute atomic E-state index is 0.0341. The molecule has 9 nitrogen and oxygen atoms in total. The molecule has 9 heteroatoms. The lowest BCUT2D eigenvalue weighted by atomic mass is 10.0. The van der Waals surface area contributed by atoms with Crippen LogP contribution in [0.15, 0.2) is 9.59 Å². The molecule has 1 atom stereocenters. The number of ether oxygens (including phenoxy) is 2. The smallest absolute Gasteiger partial charge is 0.306 e. The zero-order valence-corrected chi connectivity index (χ0v) is 42.3. The minimum Gasteiger partial charge on any atom is -0.462 e. The average Bonchev–Trinajstić information content (AvgIpc) is 3.26. The van der Waals surface area contributed by atoms with Crippen molar-refractivity contribution in [2.24, 2.45) is 0 Å². The van der Waals surface area contributed by atoms with E-state index in [1.807, 2.05) is 14.1 Å². The molecule has 0 fully saturated rings. The Bertz CT molecular complexity index is 1280. The van der Waals surface area contributed by atoms with Crippen LogP contribution in [-0.2, 0) is 19.1 Å². The van der Waals surface area contributed by atoms with E-state index in [1.165, 1.54) is 96.3 Å². The number of hydrogen-bond donors (Lipinski definition) is 1. The van der Waals surface area contributed by atoms with Crippen molar-refractivity contribution in [2.75, 3.05) is 50.5 Å². The zero-order valence-electron chi connectivity index (χ0n) is 42.3. The predicted molar refractivity (Wildman–Crippen MR) is 269 cm³/mol. The first-order valence-corrected chi connectivity index (χ1v) is 27.0. The third-order valence-corrected chi connectivity index (χ3v) is 12.7. The van der Waals surface area contributed by atoms with Gasteiger partial charge < -0.3 is 24.6 Å². The lowest BCUT2D eigenvalue weighted by Gasteiger charge is -2.28.